The summed E-state index contributed by atoms with van der Waals surface area (Å²) in [5.41, 5.74) is 1.42. The minimum atomic E-state index is -0.456. The second-order valence-corrected chi connectivity index (χ2v) is 6.86. The van der Waals surface area contributed by atoms with Crippen LogP contribution in [0.5, 0.6) is 5.75 Å². The number of amides is 1. The Morgan fingerprint density at radius 1 is 1.17 bits per heavy atom. The number of aromatic amines is 1. The maximum Gasteiger partial charge on any atom is 0.252 e. The van der Waals surface area contributed by atoms with E-state index >= 15 is 0 Å². The van der Waals surface area contributed by atoms with Gasteiger partial charge in [-0.25, -0.2) is 9.97 Å². The molecule has 1 amide bonds. The zero-order valence-electron chi connectivity index (χ0n) is 16.7. The molecule has 0 radical (unpaired) electrons. The van der Waals surface area contributed by atoms with Crippen molar-refractivity contribution in [1.82, 2.24) is 30.0 Å². The second kappa shape index (κ2) is 8.60. The fourth-order valence-corrected chi connectivity index (χ4v) is 3.03. The summed E-state index contributed by atoms with van der Waals surface area (Å²) < 4.78 is 7.65. The largest absolute Gasteiger partial charge is 0.486 e. The predicted molar refractivity (Wildman–Crippen MR) is 111 cm³/mol. The molecular weight excluding hydrogens is 380 g/mol. The summed E-state index contributed by atoms with van der Waals surface area (Å²) in [7, 11) is 1.91. The van der Waals surface area contributed by atoms with Gasteiger partial charge in [-0.15, -0.1) is 0 Å². The van der Waals surface area contributed by atoms with E-state index in [1.807, 2.05) is 55.1 Å². The molecule has 0 aliphatic carbocycles. The van der Waals surface area contributed by atoms with Crippen molar-refractivity contribution < 1.29 is 9.53 Å². The summed E-state index contributed by atoms with van der Waals surface area (Å²) in [6, 6.07) is 16.2. The average Bonchev–Trinajstić information content (AvgIpc) is 3.39. The van der Waals surface area contributed by atoms with Crippen molar-refractivity contribution in [3.05, 3.63) is 95.6 Å². The van der Waals surface area contributed by atoms with Crippen molar-refractivity contribution in [3.63, 3.8) is 0 Å². The van der Waals surface area contributed by atoms with E-state index in [1.54, 1.807) is 30.5 Å². The zero-order chi connectivity index (χ0) is 20.9. The van der Waals surface area contributed by atoms with Gasteiger partial charge in [0.2, 0.25) is 0 Å². The van der Waals surface area contributed by atoms with Gasteiger partial charge in [-0.05, 0) is 36.8 Å². The van der Waals surface area contributed by atoms with Crippen LogP contribution in [0, 0.1) is 6.92 Å². The van der Waals surface area contributed by atoms with E-state index in [1.165, 1.54) is 0 Å². The lowest BCUT2D eigenvalue weighted by atomic mass is 10.1. The van der Waals surface area contributed by atoms with E-state index in [-0.39, 0.29) is 5.91 Å². The molecule has 152 valence electrons. The smallest absolute Gasteiger partial charge is 0.252 e. The van der Waals surface area contributed by atoms with Crippen LogP contribution in [0.25, 0.3) is 0 Å². The van der Waals surface area contributed by atoms with Crippen LogP contribution in [0.15, 0.2) is 67.0 Å². The molecule has 8 heteroatoms. The van der Waals surface area contributed by atoms with Crippen LogP contribution >= 0.6 is 0 Å². The molecule has 4 rings (SSSR count). The lowest BCUT2D eigenvalue weighted by Gasteiger charge is -2.16. The van der Waals surface area contributed by atoms with Crippen LogP contribution in [-0.4, -0.2) is 30.6 Å². The fraction of sp³-hybridized carbons (Fsp3) is 0.182. The Kier molecular flexibility index (Phi) is 5.56. The van der Waals surface area contributed by atoms with Crippen LogP contribution < -0.4 is 10.1 Å². The molecule has 0 bridgehead atoms. The van der Waals surface area contributed by atoms with Crippen LogP contribution in [0.3, 0.4) is 0 Å². The molecule has 2 N–H and O–H groups in total. The highest BCUT2D eigenvalue weighted by molar-refractivity contribution is 5.94. The summed E-state index contributed by atoms with van der Waals surface area (Å²) in [5.74, 6) is 2.47. The normalized spacial score (nSPS) is 11.8. The average molecular weight is 402 g/mol. The number of aromatic nitrogens is 5. The fourth-order valence-electron chi connectivity index (χ4n) is 3.03. The van der Waals surface area contributed by atoms with Crippen molar-refractivity contribution in [1.29, 1.82) is 0 Å². The number of benzene rings is 2. The number of aryl methyl sites for hydroxylation is 2. The van der Waals surface area contributed by atoms with Crippen molar-refractivity contribution in [3.8, 4) is 5.75 Å². The molecule has 0 aliphatic rings. The maximum atomic E-state index is 12.9. The Morgan fingerprint density at radius 3 is 2.57 bits per heavy atom. The molecule has 4 aromatic rings. The van der Waals surface area contributed by atoms with Crippen molar-refractivity contribution >= 4 is 5.91 Å². The molecule has 0 saturated carbocycles. The van der Waals surface area contributed by atoms with Gasteiger partial charge in [0.1, 0.15) is 30.0 Å². The summed E-state index contributed by atoms with van der Waals surface area (Å²) in [4.78, 5) is 21.5. The highest BCUT2D eigenvalue weighted by Crippen LogP contribution is 2.20. The van der Waals surface area contributed by atoms with Crippen LogP contribution in [0.2, 0.25) is 0 Å². The van der Waals surface area contributed by atoms with E-state index in [0.29, 0.717) is 29.6 Å². The molecule has 2 aromatic heterocycles. The monoisotopic (exact) mass is 402 g/mol. The van der Waals surface area contributed by atoms with Crippen LogP contribution in [-0.2, 0) is 13.7 Å². The highest BCUT2D eigenvalue weighted by Gasteiger charge is 2.21. The minimum Gasteiger partial charge on any atom is -0.486 e. The van der Waals surface area contributed by atoms with Gasteiger partial charge in [0.25, 0.3) is 5.91 Å². The minimum absolute atomic E-state index is 0.220. The number of nitrogens with one attached hydrogen (secondary N) is 2. The number of hydrogen-bond donors (Lipinski definition) is 2. The second-order valence-electron chi connectivity index (χ2n) is 6.86. The number of rotatable bonds is 7. The number of carbonyl (C=O) groups is 1. The summed E-state index contributed by atoms with van der Waals surface area (Å²) in [6.45, 7) is 2.18. The predicted octanol–water partition coefficient (Wildman–Crippen LogP) is 2.95. The zero-order valence-corrected chi connectivity index (χ0v) is 16.7. The maximum absolute atomic E-state index is 12.9. The number of imidazole rings is 1. The topological polar surface area (TPSA) is 97.7 Å². The van der Waals surface area contributed by atoms with E-state index in [4.69, 9.17) is 4.74 Å². The third-order valence-corrected chi connectivity index (χ3v) is 4.69. The van der Waals surface area contributed by atoms with Crippen molar-refractivity contribution in [2.45, 2.75) is 19.6 Å². The lowest BCUT2D eigenvalue weighted by molar-refractivity contribution is 0.0941. The molecule has 0 fully saturated rings. The number of carbonyl (C=O) groups excluding carboxylic acids is 1. The molecule has 0 spiro atoms. The van der Waals surface area contributed by atoms with Crippen LogP contribution in [0.1, 0.15) is 39.4 Å². The van der Waals surface area contributed by atoms with Gasteiger partial charge in [-0.3, -0.25) is 9.89 Å². The number of ether oxygens (including phenoxy) is 1. The third kappa shape index (κ3) is 4.38. The molecule has 2 aromatic carbocycles. The van der Waals surface area contributed by atoms with Crippen molar-refractivity contribution in [2.24, 2.45) is 7.05 Å². The van der Waals surface area contributed by atoms with Crippen LogP contribution in [0.4, 0.5) is 0 Å². The molecular formula is C22H22N6O2. The molecule has 0 saturated heterocycles. The Hall–Kier alpha value is -3.94. The third-order valence-electron chi connectivity index (χ3n) is 4.69. The first-order valence-electron chi connectivity index (χ1n) is 9.54. The van der Waals surface area contributed by atoms with E-state index in [0.717, 1.165) is 11.4 Å². The molecule has 8 nitrogen and oxygen atoms in total. The SMILES string of the molecule is Cc1nc(C(NC(=O)c2ccc(OCc3nccn3C)cc2)c2ccccc2)n[nH]1. The Morgan fingerprint density at radius 2 is 1.93 bits per heavy atom. The van der Waals surface area contributed by atoms with Gasteiger partial charge in [0, 0.05) is 25.0 Å². The van der Waals surface area contributed by atoms with Gasteiger partial charge in [0.05, 0.1) is 0 Å². The Labute approximate surface area is 174 Å². The van der Waals surface area contributed by atoms with Gasteiger partial charge in [-0.2, -0.15) is 5.10 Å². The molecule has 30 heavy (non-hydrogen) atoms. The first-order chi connectivity index (χ1) is 14.6. The lowest BCUT2D eigenvalue weighted by Crippen LogP contribution is -2.30. The van der Waals surface area contributed by atoms with Crippen molar-refractivity contribution in [2.75, 3.05) is 0 Å². The first kappa shape index (κ1) is 19.4. The molecule has 1 atom stereocenters. The van der Waals surface area contributed by atoms with Gasteiger partial charge in [-0.1, -0.05) is 30.3 Å². The van der Waals surface area contributed by atoms with E-state index in [2.05, 4.69) is 25.5 Å². The standard InChI is InChI=1S/C22H22N6O2/c1-15-24-21(27-26-15)20(16-6-4-3-5-7-16)25-22(29)17-8-10-18(11-9-17)30-14-19-23-12-13-28(19)2/h3-13,20H,14H2,1-2H3,(H,25,29)(H,24,26,27). The Balaban J connectivity index is 1.46. The summed E-state index contributed by atoms with van der Waals surface area (Å²) >= 11 is 0. The van der Waals surface area contributed by atoms with Gasteiger partial charge in [0.15, 0.2) is 5.82 Å². The number of H-pyrrole nitrogens is 1. The molecule has 0 aliphatic heterocycles. The number of hydrogen-bond acceptors (Lipinski definition) is 5. The molecule has 2 heterocycles. The molecule has 1 unspecified atom stereocenters. The number of nitrogens with zero attached hydrogens (tertiary/aromatic N) is 4. The quantitative estimate of drug-likeness (QED) is 0.495. The summed E-state index contributed by atoms with van der Waals surface area (Å²) in [6.07, 6.45) is 3.59. The Bertz CT molecular complexity index is 1120. The summed E-state index contributed by atoms with van der Waals surface area (Å²) in [5, 5.41) is 10.1. The van der Waals surface area contributed by atoms with Gasteiger partial charge >= 0.3 is 0 Å². The van der Waals surface area contributed by atoms with Gasteiger partial charge < -0.3 is 14.6 Å². The van der Waals surface area contributed by atoms with E-state index in [9.17, 15) is 4.79 Å². The first-order valence-corrected chi connectivity index (χ1v) is 9.54. The van der Waals surface area contributed by atoms with E-state index < -0.39 is 6.04 Å². The highest BCUT2D eigenvalue weighted by atomic mass is 16.5.